The second kappa shape index (κ2) is 6.84. The molecule has 0 heterocycles. The Morgan fingerprint density at radius 2 is 1.83 bits per heavy atom. The van der Waals surface area contributed by atoms with Gasteiger partial charge in [-0.05, 0) is 40.6 Å². The molecule has 0 aliphatic rings. The number of hydrogen-bond donors (Lipinski definition) is 1. The maximum atomic E-state index is 12.4. The van der Waals surface area contributed by atoms with E-state index >= 15 is 0 Å². The van der Waals surface area contributed by atoms with Crippen molar-refractivity contribution in [3.05, 3.63) is 77.9 Å². The van der Waals surface area contributed by atoms with Crippen LogP contribution in [0.1, 0.15) is 11.1 Å². The highest BCUT2D eigenvalue weighted by Gasteiger charge is 2.10. The summed E-state index contributed by atoms with van der Waals surface area (Å²) >= 11 is 0. The first kappa shape index (κ1) is 15.6. The summed E-state index contributed by atoms with van der Waals surface area (Å²) in [5.41, 5.74) is 2.28. The van der Waals surface area contributed by atoms with Gasteiger partial charge in [0.15, 0.2) is 0 Å². The van der Waals surface area contributed by atoms with E-state index < -0.39 is 0 Å². The van der Waals surface area contributed by atoms with Crippen molar-refractivity contribution in [2.45, 2.75) is 6.54 Å². The van der Waals surface area contributed by atoms with Crippen molar-refractivity contribution in [3.8, 4) is 6.07 Å². The summed E-state index contributed by atoms with van der Waals surface area (Å²) in [6.07, 6.45) is 0. The maximum absolute atomic E-state index is 12.4. The molecule has 0 saturated carbocycles. The first-order chi connectivity index (χ1) is 11.7. The fraction of sp³-hybridized carbons (Fsp3) is 0.100. The highest BCUT2D eigenvalue weighted by molar-refractivity contribution is 5.93. The Bertz CT molecular complexity index is 927. The fourth-order valence-corrected chi connectivity index (χ4v) is 2.57. The lowest BCUT2D eigenvalue weighted by molar-refractivity contribution is 0.220. The minimum absolute atomic E-state index is 0.187. The lowest BCUT2D eigenvalue weighted by Gasteiger charge is -2.18. The largest absolute Gasteiger partial charge is 0.323 e. The third-order valence-corrected chi connectivity index (χ3v) is 3.82. The molecule has 4 heteroatoms. The van der Waals surface area contributed by atoms with Crippen LogP contribution in [0.25, 0.3) is 10.8 Å². The van der Waals surface area contributed by atoms with Crippen LogP contribution >= 0.6 is 0 Å². The van der Waals surface area contributed by atoms with Crippen molar-refractivity contribution < 1.29 is 4.79 Å². The molecule has 0 aromatic heterocycles. The van der Waals surface area contributed by atoms with Crippen LogP contribution < -0.4 is 5.32 Å². The van der Waals surface area contributed by atoms with Crippen LogP contribution in [0.4, 0.5) is 10.5 Å². The van der Waals surface area contributed by atoms with Gasteiger partial charge in [0, 0.05) is 19.3 Å². The van der Waals surface area contributed by atoms with Gasteiger partial charge in [-0.2, -0.15) is 5.26 Å². The van der Waals surface area contributed by atoms with Crippen molar-refractivity contribution >= 4 is 22.5 Å². The SMILES string of the molecule is CN(Cc1cccc(C#N)c1)C(=O)Nc1ccc2ccccc2c1. The van der Waals surface area contributed by atoms with E-state index in [0.717, 1.165) is 22.0 Å². The third kappa shape index (κ3) is 3.53. The topological polar surface area (TPSA) is 56.1 Å². The molecule has 0 bridgehead atoms. The van der Waals surface area contributed by atoms with Gasteiger partial charge in [-0.15, -0.1) is 0 Å². The second-order valence-corrected chi connectivity index (χ2v) is 5.66. The third-order valence-electron chi connectivity index (χ3n) is 3.82. The van der Waals surface area contributed by atoms with Crippen LogP contribution in [0, 0.1) is 11.3 Å². The predicted molar refractivity (Wildman–Crippen MR) is 95.6 cm³/mol. The summed E-state index contributed by atoms with van der Waals surface area (Å²) < 4.78 is 0. The van der Waals surface area contributed by atoms with E-state index in [1.54, 1.807) is 24.1 Å². The van der Waals surface area contributed by atoms with Gasteiger partial charge in [0.25, 0.3) is 0 Å². The number of nitrogens with zero attached hydrogens (tertiary/aromatic N) is 2. The zero-order valence-electron chi connectivity index (χ0n) is 13.4. The molecule has 0 spiro atoms. The Morgan fingerprint density at radius 3 is 2.62 bits per heavy atom. The number of carbonyl (C=O) groups excluding carboxylic acids is 1. The average molecular weight is 315 g/mol. The van der Waals surface area contributed by atoms with Crippen molar-refractivity contribution in [1.29, 1.82) is 5.26 Å². The van der Waals surface area contributed by atoms with E-state index in [1.807, 2.05) is 54.6 Å². The summed E-state index contributed by atoms with van der Waals surface area (Å²) in [5.74, 6) is 0. The highest BCUT2D eigenvalue weighted by atomic mass is 16.2. The lowest BCUT2D eigenvalue weighted by Crippen LogP contribution is -2.30. The molecule has 0 unspecified atom stereocenters. The Balaban J connectivity index is 1.69. The van der Waals surface area contributed by atoms with Gasteiger partial charge in [0.2, 0.25) is 0 Å². The van der Waals surface area contributed by atoms with E-state index in [2.05, 4.69) is 11.4 Å². The number of urea groups is 1. The van der Waals surface area contributed by atoms with Crippen LogP contribution in [0.3, 0.4) is 0 Å². The van der Waals surface area contributed by atoms with E-state index in [-0.39, 0.29) is 6.03 Å². The van der Waals surface area contributed by atoms with Gasteiger partial charge in [-0.25, -0.2) is 4.79 Å². The minimum Gasteiger partial charge on any atom is -0.323 e. The molecule has 118 valence electrons. The Labute approximate surface area is 140 Å². The zero-order valence-corrected chi connectivity index (χ0v) is 13.4. The molecule has 2 amide bonds. The fourth-order valence-electron chi connectivity index (χ4n) is 2.57. The average Bonchev–Trinajstić information content (AvgIpc) is 2.61. The summed E-state index contributed by atoms with van der Waals surface area (Å²) in [4.78, 5) is 13.9. The van der Waals surface area contributed by atoms with Crippen molar-refractivity contribution in [1.82, 2.24) is 4.90 Å². The Kier molecular flexibility index (Phi) is 4.44. The monoisotopic (exact) mass is 315 g/mol. The van der Waals surface area contributed by atoms with E-state index in [9.17, 15) is 4.79 Å². The number of hydrogen-bond acceptors (Lipinski definition) is 2. The van der Waals surface area contributed by atoms with Crippen molar-refractivity contribution in [3.63, 3.8) is 0 Å². The molecule has 0 atom stereocenters. The molecule has 3 aromatic rings. The molecule has 0 saturated heterocycles. The van der Waals surface area contributed by atoms with Crippen molar-refractivity contribution in [2.75, 3.05) is 12.4 Å². The quantitative estimate of drug-likeness (QED) is 0.780. The molecule has 0 aliphatic heterocycles. The van der Waals surface area contributed by atoms with Gasteiger partial charge >= 0.3 is 6.03 Å². The number of carbonyl (C=O) groups is 1. The molecule has 0 fully saturated rings. The molecular formula is C20H17N3O. The van der Waals surface area contributed by atoms with Gasteiger partial charge in [-0.1, -0.05) is 42.5 Å². The zero-order chi connectivity index (χ0) is 16.9. The Hall–Kier alpha value is -3.32. The molecular weight excluding hydrogens is 298 g/mol. The summed E-state index contributed by atoms with van der Waals surface area (Å²) in [6.45, 7) is 0.439. The normalized spacial score (nSPS) is 10.2. The van der Waals surface area contributed by atoms with Gasteiger partial charge in [-0.3, -0.25) is 0 Å². The second-order valence-electron chi connectivity index (χ2n) is 5.66. The summed E-state index contributed by atoms with van der Waals surface area (Å²) in [6, 6.07) is 23.0. The number of benzene rings is 3. The number of nitriles is 1. The summed E-state index contributed by atoms with van der Waals surface area (Å²) in [7, 11) is 1.73. The number of amides is 2. The van der Waals surface area contributed by atoms with Crippen LogP contribution in [-0.4, -0.2) is 18.0 Å². The standard InChI is InChI=1S/C20H17N3O/c1-23(14-16-6-4-5-15(11-16)13-21)20(24)22-19-10-9-17-7-2-3-8-18(17)12-19/h2-12H,14H2,1H3,(H,22,24). The maximum Gasteiger partial charge on any atom is 0.321 e. The number of rotatable bonds is 3. The molecule has 24 heavy (non-hydrogen) atoms. The smallest absolute Gasteiger partial charge is 0.321 e. The van der Waals surface area contributed by atoms with Crippen molar-refractivity contribution in [2.24, 2.45) is 0 Å². The molecule has 3 aromatic carbocycles. The van der Waals surface area contributed by atoms with Gasteiger partial charge < -0.3 is 10.2 Å². The molecule has 0 aliphatic carbocycles. The summed E-state index contributed by atoms with van der Waals surface area (Å²) in [5, 5.41) is 14.1. The number of anilines is 1. The number of nitrogens with one attached hydrogen (secondary N) is 1. The molecule has 4 nitrogen and oxygen atoms in total. The van der Waals surface area contributed by atoms with E-state index in [4.69, 9.17) is 5.26 Å². The first-order valence-corrected chi connectivity index (χ1v) is 7.66. The highest BCUT2D eigenvalue weighted by Crippen LogP contribution is 2.19. The molecule has 1 N–H and O–H groups in total. The minimum atomic E-state index is -0.187. The van der Waals surface area contributed by atoms with Crippen LogP contribution in [0.2, 0.25) is 0 Å². The van der Waals surface area contributed by atoms with Crippen LogP contribution in [0.5, 0.6) is 0 Å². The molecule has 0 radical (unpaired) electrons. The van der Waals surface area contributed by atoms with Gasteiger partial charge in [0.1, 0.15) is 0 Å². The first-order valence-electron chi connectivity index (χ1n) is 7.66. The molecule has 3 rings (SSSR count). The van der Waals surface area contributed by atoms with Crippen LogP contribution in [0.15, 0.2) is 66.7 Å². The van der Waals surface area contributed by atoms with Gasteiger partial charge in [0.05, 0.1) is 11.6 Å². The Morgan fingerprint density at radius 1 is 1.04 bits per heavy atom. The number of fused-ring (bicyclic) bond motifs is 1. The lowest BCUT2D eigenvalue weighted by atomic mass is 10.1. The van der Waals surface area contributed by atoms with E-state index in [0.29, 0.717) is 12.1 Å². The van der Waals surface area contributed by atoms with E-state index in [1.165, 1.54) is 0 Å². The predicted octanol–water partition coefficient (Wildman–Crippen LogP) is 4.38. The van der Waals surface area contributed by atoms with Crippen LogP contribution in [-0.2, 0) is 6.54 Å².